The van der Waals surface area contributed by atoms with E-state index in [1.807, 2.05) is 4.94 Å². The third-order valence-corrected chi connectivity index (χ3v) is 0.790. The van der Waals surface area contributed by atoms with E-state index < -0.39 is 65.1 Å². The summed E-state index contributed by atoms with van der Waals surface area (Å²) < 4.78 is 226. The van der Waals surface area contributed by atoms with Crippen molar-refractivity contribution in [3.05, 3.63) is 0 Å². The largest absolute Gasteiger partial charge is 0.416 e. The van der Waals surface area contributed by atoms with E-state index in [4.69, 9.17) is 0 Å². The zero-order valence-corrected chi connectivity index (χ0v) is 17.4. The van der Waals surface area contributed by atoms with E-state index in [1.165, 1.54) is 0 Å². The molecule has 0 aliphatic carbocycles. The van der Waals surface area contributed by atoms with E-state index in [0.717, 1.165) is 0 Å². The fraction of sp³-hybridized carbons (Fsp3) is 1.00. The van der Waals surface area contributed by atoms with E-state index in [-0.39, 0.29) is 0 Å². The molecule has 0 heterocycles. The van der Waals surface area contributed by atoms with Crippen LogP contribution in [0.25, 0.3) is 0 Å². The Morgan fingerprint density at radius 2 is 0.639 bits per heavy atom. The molecule has 232 valence electrons. The first kappa shape index (κ1) is 55.0. The molecule has 24 heteroatoms. The fourth-order valence-electron chi connectivity index (χ4n) is 0.0825. The highest BCUT2D eigenvalue weighted by molar-refractivity contribution is 4.42. The number of hydrogen-bond acceptors (Lipinski definition) is 2. The minimum atomic E-state index is -4.62. The second-order valence-corrected chi connectivity index (χ2v) is 3.42. The van der Waals surface area contributed by atoms with Crippen LogP contribution in [0.4, 0.5) is 96.9 Å². The first-order valence-corrected chi connectivity index (χ1v) is 6.92. The van der Waals surface area contributed by atoms with Gasteiger partial charge in [-0.15, -0.1) is 4.94 Å². The molecule has 0 bridgehead atoms. The molecule has 0 N–H and O–H groups in total. The van der Waals surface area contributed by atoms with Gasteiger partial charge in [0.25, 0.3) is 0 Å². The van der Waals surface area contributed by atoms with Gasteiger partial charge < -0.3 is 0 Å². The van der Waals surface area contributed by atoms with Gasteiger partial charge in [0, 0.05) is 0 Å². The van der Waals surface area contributed by atoms with Crippen LogP contribution in [0.1, 0.15) is 0 Å². The van der Waals surface area contributed by atoms with Crippen molar-refractivity contribution in [2.24, 2.45) is 0 Å². The van der Waals surface area contributed by atoms with Crippen LogP contribution in [-0.2, 0) is 9.88 Å². The average molecular weight is 612 g/mol. The lowest BCUT2D eigenvalue weighted by atomic mass is 10.7. The molecular formula is C12H18F22O2. The summed E-state index contributed by atoms with van der Waals surface area (Å²) >= 11 is 0. The molecule has 0 aromatic carbocycles. The Bertz CT molecular complexity index is 308. The number of halogens is 22. The lowest BCUT2D eigenvalue weighted by Gasteiger charge is -2.01. The van der Waals surface area contributed by atoms with Crippen molar-refractivity contribution >= 4 is 0 Å². The first-order valence-electron chi connectivity index (χ1n) is 6.92. The molecule has 0 saturated heterocycles. The fourth-order valence-corrected chi connectivity index (χ4v) is 0.0825. The van der Waals surface area contributed by atoms with Crippen molar-refractivity contribution in [2.75, 3.05) is 54.8 Å². The van der Waals surface area contributed by atoms with Crippen LogP contribution in [0.5, 0.6) is 0 Å². The summed E-state index contributed by atoms with van der Waals surface area (Å²) in [6.07, 6.45) is -18.0. The van der Waals surface area contributed by atoms with Crippen LogP contribution in [0, 0.1) is 0 Å². The Kier molecular flexibility index (Phi) is 58.0. The second-order valence-electron chi connectivity index (χ2n) is 3.42. The summed E-state index contributed by atoms with van der Waals surface area (Å²) in [6.45, 7) is -11.9. The Morgan fingerprint density at radius 3 is 0.639 bits per heavy atom. The predicted octanol–water partition coefficient (Wildman–Crippen LogP) is 8.87. The molecule has 0 aromatic heterocycles. The maximum Gasteiger partial charge on any atom is 0.416 e. The van der Waals surface area contributed by atoms with Gasteiger partial charge in [-0.2, -0.15) is 53.2 Å². The van der Waals surface area contributed by atoms with Crippen molar-refractivity contribution in [2.45, 2.75) is 24.6 Å². The quantitative estimate of drug-likeness (QED) is 0.297. The van der Waals surface area contributed by atoms with Crippen LogP contribution < -0.4 is 0 Å². The van der Waals surface area contributed by atoms with Gasteiger partial charge in [0.15, 0.2) is 26.6 Å². The maximum absolute atomic E-state index is 10.9. The molecule has 0 aliphatic rings. The van der Waals surface area contributed by atoms with Gasteiger partial charge in [-0.05, 0) is 9.05 Å². The topological polar surface area (TPSA) is 18.5 Å². The molecule has 0 atom stereocenters. The molecule has 2 nitrogen and oxygen atoms in total. The van der Waals surface area contributed by atoms with Gasteiger partial charge in [-0.1, -0.05) is 0 Å². The predicted molar refractivity (Wildman–Crippen MR) is 78.5 cm³/mol. The SMILES string of the molecule is CF.CF.FCC(F)(F)F.FCC(F)(F)F.FCC(F)(F)OF.FCF.FCF.FOCC(F)(F)F. The van der Waals surface area contributed by atoms with Gasteiger partial charge in [0.1, 0.15) is 0 Å². The normalized spacial score (nSPS) is 10.0. The lowest BCUT2D eigenvalue weighted by Crippen LogP contribution is -2.18. The van der Waals surface area contributed by atoms with Gasteiger partial charge in [-0.25, -0.2) is 30.7 Å². The smallest absolute Gasteiger partial charge is 0.255 e. The number of alkyl halides is 20. The summed E-state index contributed by atoms with van der Waals surface area (Å²) in [6, 6.07) is 0. The Morgan fingerprint density at radius 1 is 0.444 bits per heavy atom. The second kappa shape index (κ2) is 37.9. The number of rotatable bonds is 3. The molecule has 0 unspecified atom stereocenters. The van der Waals surface area contributed by atoms with Gasteiger partial charge in [0.2, 0.25) is 13.9 Å². The van der Waals surface area contributed by atoms with E-state index in [2.05, 4.69) is 4.94 Å². The minimum Gasteiger partial charge on any atom is -0.255 e. The first-order chi connectivity index (χ1) is 16.1. The van der Waals surface area contributed by atoms with E-state index in [1.54, 1.807) is 0 Å². The maximum atomic E-state index is 10.9. The van der Waals surface area contributed by atoms with Crippen LogP contribution in [0.15, 0.2) is 0 Å². The third-order valence-electron chi connectivity index (χ3n) is 0.790. The Hall–Kier alpha value is -1.62. The molecule has 0 spiro atoms. The van der Waals surface area contributed by atoms with Gasteiger partial charge >= 0.3 is 24.6 Å². The summed E-state index contributed by atoms with van der Waals surface area (Å²) in [5, 5.41) is 0. The summed E-state index contributed by atoms with van der Waals surface area (Å²) in [5.74, 6) is 0. The van der Waals surface area contributed by atoms with Crippen LogP contribution >= 0.6 is 0 Å². The van der Waals surface area contributed by atoms with Gasteiger partial charge in [-0.3, -0.25) is 8.78 Å². The highest BCUT2D eigenvalue weighted by Gasteiger charge is 2.31. The summed E-state index contributed by atoms with van der Waals surface area (Å²) in [4.78, 5) is 4.16. The lowest BCUT2D eigenvalue weighted by molar-refractivity contribution is -0.357. The Balaban J connectivity index is -0.0000000433. The standard InChI is InChI=1S/2C2H2F4O.2C2H2F4.2CH2F2.2CH3F/c3-2(4,5)1-7-6;3-1-2(4,5)7-6;2*3-1-2(4,5)6;2*2-1-3;2*1-2/h2*1H2;2*1H2;2*1H2;2*1H3. The molecule has 0 amide bonds. The third kappa shape index (κ3) is 154. The molecule has 0 aliphatic heterocycles. The van der Waals surface area contributed by atoms with Gasteiger partial charge in [0.05, 0.1) is 14.4 Å². The Labute approximate surface area is 187 Å². The van der Waals surface area contributed by atoms with Crippen molar-refractivity contribution in [1.82, 2.24) is 0 Å². The highest BCUT2D eigenvalue weighted by atomic mass is 19.4. The van der Waals surface area contributed by atoms with Crippen molar-refractivity contribution in [1.29, 1.82) is 0 Å². The minimum absolute atomic E-state index is 0.500. The monoisotopic (exact) mass is 612 g/mol. The van der Waals surface area contributed by atoms with Crippen molar-refractivity contribution < 1.29 is 107 Å². The molecule has 0 saturated carbocycles. The van der Waals surface area contributed by atoms with Crippen LogP contribution in [-0.4, -0.2) is 79.5 Å². The number of hydrogen-bond donors (Lipinski definition) is 0. The molecule has 0 rings (SSSR count). The van der Waals surface area contributed by atoms with Crippen molar-refractivity contribution in [3.8, 4) is 0 Å². The molecule has 0 aromatic rings. The summed E-state index contributed by atoms with van der Waals surface area (Å²) in [7, 11) is 1.00. The van der Waals surface area contributed by atoms with Crippen LogP contribution in [0.3, 0.4) is 0 Å². The van der Waals surface area contributed by atoms with Crippen LogP contribution in [0.2, 0.25) is 0 Å². The molecule has 0 fully saturated rings. The van der Waals surface area contributed by atoms with E-state index in [0.29, 0.717) is 14.4 Å². The average Bonchev–Trinajstić information content (AvgIpc) is 2.77. The molecule has 0 radical (unpaired) electrons. The highest BCUT2D eigenvalue weighted by Crippen LogP contribution is 2.15. The summed E-state index contributed by atoms with van der Waals surface area (Å²) in [5.41, 5.74) is 0. The molecule has 36 heavy (non-hydrogen) atoms. The van der Waals surface area contributed by atoms with E-state index in [9.17, 15) is 96.9 Å². The zero-order chi connectivity index (χ0) is 31.7. The van der Waals surface area contributed by atoms with E-state index >= 15 is 0 Å². The zero-order valence-electron chi connectivity index (χ0n) is 17.4. The molecular weight excluding hydrogens is 594 g/mol. The van der Waals surface area contributed by atoms with Crippen molar-refractivity contribution in [3.63, 3.8) is 0 Å².